The molecule has 2 aliphatic rings. The molecule has 2 saturated heterocycles. The van der Waals surface area contributed by atoms with Gasteiger partial charge in [0.15, 0.2) is 5.76 Å². The highest BCUT2D eigenvalue weighted by Gasteiger charge is 2.39. The number of hydrogen-bond donors (Lipinski definition) is 0. The summed E-state index contributed by atoms with van der Waals surface area (Å²) in [6.45, 7) is 3.16. The quantitative estimate of drug-likeness (QED) is 0.837. The molecule has 0 aliphatic carbocycles. The molecule has 0 radical (unpaired) electrons. The molecule has 4 heterocycles. The van der Waals surface area contributed by atoms with Crippen LogP contribution in [0.15, 0.2) is 47.3 Å². The highest BCUT2D eigenvalue weighted by molar-refractivity contribution is 5.91. The Kier molecular flexibility index (Phi) is 4.97. The molecule has 2 fully saturated rings. The molecule has 0 saturated carbocycles. The van der Waals surface area contributed by atoms with Crippen LogP contribution in [0.4, 0.5) is 0 Å². The second-order valence-corrected chi connectivity index (χ2v) is 7.69. The van der Waals surface area contributed by atoms with E-state index < -0.39 is 0 Å². The van der Waals surface area contributed by atoms with Gasteiger partial charge in [-0.15, -0.1) is 0 Å². The van der Waals surface area contributed by atoms with E-state index in [9.17, 15) is 9.59 Å². The molecule has 2 amide bonds. The lowest BCUT2D eigenvalue weighted by atomic mass is 9.71. The summed E-state index contributed by atoms with van der Waals surface area (Å²) in [5.41, 5.74) is 1.23. The Morgan fingerprint density at radius 2 is 1.70 bits per heavy atom. The largest absolute Gasteiger partial charge is 0.459 e. The molecule has 0 atom stereocenters. The van der Waals surface area contributed by atoms with E-state index in [1.54, 1.807) is 24.5 Å². The number of hydrogen-bond acceptors (Lipinski definition) is 4. The summed E-state index contributed by atoms with van der Waals surface area (Å²) in [7, 11) is 0. The fourth-order valence-electron chi connectivity index (χ4n) is 4.26. The zero-order valence-electron chi connectivity index (χ0n) is 15.5. The van der Waals surface area contributed by atoms with Gasteiger partial charge in [-0.3, -0.25) is 14.6 Å². The average molecular weight is 367 g/mol. The maximum absolute atomic E-state index is 12.5. The zero-order chi connectivity index (χ0) is 18.7. The normalized spacial score (nSPS) is 19.3. The van der Waals surface area contributed by atoms with Crippen LogP contribution in [0, 0.1) is 5.41 Å². The first-order valence-corrected chi connectivity index (χ1v) is 9.65. The summed E-state index contributed by atoms with van der Waals surface area (Å²) in [5.74, 6) is 0.587. The van der Waals surface area contributed by atoms with Gasteiger partial charge in [0.1, 0.15) is 0 Å². The van der Waals surface area contributed by atoms with E-state index in [1.807, 2.05) is 21.9 Å². The van der Waals surface area contributed by atoms with Crippen LogP contribution in [0.1, 0.15) is 41.8 Å². The Bertz CT molecular complexity index is 770. The Hall–Kier alpha value is -2.63. The number of piperidine rings is 2. The zero-order valence-corrected chi connectivity index (χ0v) is 15.5. The van der Waals surface area contributed by atoms with Gasteiger partial charge in [-0.1, -0.05) is 6.07 Å². The van der Waals surface area contributed by atoms with Crippen molar-refractivity contribution in [1.29, 1.82) is 0 Å². The van der Waals surface area contributed by atoms with Gasteiger partial charge in [0, 0.05) is 38.6 Å². The fraction of sp³-hybridized carbons (Fsp3) is 0.476. The number of likely N-dealkylation sites (tertiary alicyclic amines) is 2. The maximum Gasteiger partial charge on any atom is 0.289 e. The van der Waals surface area contributed by atoms with E-state index in [-0.39, 0.29) is 17.2 Å². The Balaban J connectivity index is 1.28. The lowest BCUT2D eigenvalue weighted by Crippen LogP contribution is -2.49. The second-order valence-electron chi connectivity index (χ2n) is 7.69. The van der Waals surface area contributed by atoms with Crippen LogP contribution < -0.4 is 0 Å². The minimum absolute atomic E-state index is 0.0149. The number of carbonyl (C=O) groups is 2. The molecule has 2 aliphatic heterocycles. The lowest BCUT2D eigenvalue weighted by Gasteiger charge is -2.46. The van der Waals surface area contributed by atoms with Crippen molar-refractivity contribution in [3.8, 4) is 0 Å². The molecular weight excluding hydrogens is 342 g/mol. The third-order valence-electron chi connectivity index (χ3n) is 6.10. The third-order valence-corrected chi connectivity index (χ3v) is 6.10. The van der Waals surface area contributed by atoms with Crippen molar-refractivity contribution in [2.75, 3.05) is 26.2 Å². The number of carbonyl (C=O) groups excluding carboxylic acids is 2. The molecule has 6 nitrogen and oxygen atoms in total. The minimum Gasteiger partial charge on any atom is -0.459 e. The average Bonchev–Trinajstić information content (AvgIpc) is 3.24. The predicted molar refractivity (Wildman–Crippen MR) is 100 cm³/mol. The highest BCUT2D eigenvalue weighted by Crippen LogP contribution is 2.41. The molecule has 0 aromatic carbocycles. The van der Waals surface area contributed by atoms with Crippen LogP contribution in [0.5, 0.6) is 0 Å². The summed E-state index contributed by atoms with van der Waals surface area (Å²) in [5, 5.41) is 0. The van der Waals surface area contributed by atoms with Crippen molar-refractivity contribution in [2.24, 2.45) is 5.41 Å². The van der Waals surface area contributed by atoms with Gasteiger partial charge in [-0.25, -0.2) is 0 Å². The number of nitrogens with zero attached hydrogens (tertiary/aromatic N) is 3. The number of pyridine rings is 1. The van der Waals surface area contributed by atoms with Crippen molar-refractivity contribution in [2.45, 2.75) is 32.1 Å². The monoisotopic (exact) mass is 367 g/mol. The van der Waals surface area contributed by atoms with Crippen LogP contribution in [-0.2, 0) is 11.2 Å². The second kappa shape index (κ2) is 7.55. The minimum atomic E-state index is -0.0149. The van der Waals surface area contributed by atoms with Crippen LogP contribution in [0.2, 0.25) is 0 Å². The van der Waals surface area contributed by atoms with Gasteiger partial charge in [-0.2, -0.15) is 0 Å². The molecule has 2 aromatic rings. The molecule has 0 unspecified atom stereocenters. The first-order valence-electron chi connectivity index (χ1n) is 9.65. The van der Waals surface area contributed by atoms with Crippen LogP contribution in [0.3, 0.4) is 0 Å². The smallest absolute Gasteiger partial charge is 0.289 e. The summed E-state index contributed by atoms with van der Waals surface area (Å²) in [6.07, 6.45) is 9.50. The first kappa shape index (κ1) is 17.8. The van der Waals surface area contributed by atoms with Gasteiger partial charge in [0.05, 0.1) is 12.7 Å². The molecule has 4 rings (SSSR count). The van der Waals surface area contributed by atoms with E-state index in [4.69, 9.17) is 4.42 Å². The van der Waals surface area contributed by atoms with E-state index in [2.05, 4.69) is 4.98 Å². The molecule has 1 spiro atoms. The van der Waals surface area contributed by atoms with E-state index in [0.29, 0.717) is 12.2 Å². The van der Waals surface area contributed by atoms with Gasteiger partial charge in [-0.05, 0) is 54.9 Å². The molecule has 6 heteroatoms. The lowest BCUT2D eigenvalue weighted by molar-refractivity contribution is -0.133. The molecule has 2 aromatic heterocycles. The molecule has 0 bridgehead atoms. The third kappa shape index (κ3) is 3.89. The molecular formula is C21H25N3O3. The Labute approximate surface area is 159 Å². The van der Waals surface area contributed by atoms with Gasteiger partial charge in [0.2, 0.25) is 5.91 Å². The first-order chi connectivity index (χ1) is 13.2. The number of furan rings is 1. The fourth-order valence-corrected chi connectivity index (χ4v) is 4.26. The topological polar surface area (TPSA) is 66.7 Å². The number of amides is 2. The van der Waals surface area contributed by atoms with Crippen LogP contribution >= 0.6 is 0 Å². The van der Waals surface area contributed by atoms with Crippen LogP contribution in [0.25, 0.3) is 0 Å². The maximum atomic E-state index is 12.5. The number of aromatic nitrogens is 1. The van der Waals surface area contributed by atoms with Crippen LogP contribution in [-0.4, -0.2) is 52.8 Å². The molecule has 142 valence electrons. The van der Waals surface area contributed by atoms with Gasteiger partial charge >= 0.3 is 0 Å². The molecule has 27 heavy (non-hydrogen) atoms. The van der Waals surface area contributed by atoms with Crippen molar-refractivity contribution < 1.29 is 14.0 Å². The summed E-state index contributed by atoms with van der Waals surface area (Å²) < 4.78 is 5.23. The SMILES string of the molecule is O=C(Cc1cccnc1)N1CCC2(CC1)CCN(C(=O)c1ccco1)CC2. The van der Waals surface area contributed by atoms with Crippen molar-refractivity contribution in [1.82, 2.24) is 14.8 Å². The number of rotatable bonds is 3. The molecule has 0 N–H and O–H groups in total. The van der Waals surface area contributed by atoms with Gasteiger partial charge < -0.3 is 14.2 Å². The van der Waals surface area contributed by atoms with E-state index in [1.165, 1.54) is 6.26 Å². The van der Waals surface area contributed by atoms with Crippen molar-refractivity contribution in [3.05, 3.63) is 54.2 Å². The highest BCUT2D eigenvalue weighted by atomic mass is 16.3. The summed E-state index contributed by atoms with van der Waals surface area (Å²) in [6, 6.07) is 7.28. The summed E-state index contributed by atoms with van der Waals surface area (Å²) >= 11 is 0. The Morgan fingerprint density at radius 1 is 1.00 bits per heavy atom. The van der Waals surface area contributed by atoms with Crippen molar-refractivity contribution in [3.63, 3.8) is 0 Å². The van der Waals surface area contributed by atoms with E-state index >= 15 is 0 Å². The van der Waals surface area contributed by atoms with E-state index in [0.717, 1.165) is 57.4 Å². The Morgan fingerprint density at radius 3 is 2.30 bits per heavy atom. The standard InChI is InChI=1S/C21H25N3O3/c25-19(15-17-3-1-9-22-16-17)23-10-5-21(6-11-23)7-12-24(13-8-21)20(26)18-4-2-14-27-18/h1-4,9,14,16H,5-8,10-13,15H2. The predicted octanol–water partition coefficient (Wildman–Crippen LogP) is 2.76. The summed E-state index contributed by atoms with van der Waals surface area (Å²) in [4.78, 5) is 32.9. The van der Waals surface area contributed by atoms with Gasteiger partial charge in [0.25, 0.3) is 5.91 Å². The van der Waals surface area contributed by atoms with Crippen molar-refractivity contribution >= 4 is 11.8 Å².